The molecule has 0 fully saturated rings. The van der Waals surface area contributed by atoms with Crippen molar-refractivity contribution in [1.82, 2.24) is 10.3 Å². The van der Waals surface area contributed by atoms with E-state index in [0.717, 1.165) is 22.6 Å². The first-order valence-corrected chi connectivity index (χ1v) is 9.42. The first-order chi connectivity index (χ1) is 13.5. The van der Waals surface area contributed by atoms with Gasteiger partial charge in [-0.05, 0) is 60.5 Å². The van der Waals surface area contributed by atoms with Gasteiger partial charge < -0.3 is 15.5 Å². The molecule has 0 atom stereocenters. The summed E-state index contributed by atoms with van der Waals surface area (Å²) in [5.74, 6) is -0.200. The molecule has 1 amide bonds. The van der Waals surface area contributed by atoms with Gasteiger partial charge in [0.2, 0.25) is 0 Å². The minimum Gasteiger partial charge on any atom is -0.378 e. The normalized spacial score (nSPS) is 10.4. The van der Waals surface area contributed by atoms with Crippen molar-refractivity contribution in [2.24, 2.45) is 0 Å². The molecule has 0 spiro atoms. The second kappa shape index (κ2) is 9.24. The third-order valence-electron chi connectivity index (χ3n) is 4.25. The van der Waals surface area contributed by atoms with E-state index < -0.39 is 0 Å². The molecular formula is C22H23ClN4O. The maximum absolute atomic E-state index is 12.4. The fourth-order valence-electron chi connectivity index (χ4n) is 2.75. The summed E-state index contributed by atoms with van der Waals surface area (Å²) in [6, 6.07) is 19.3. The van der Waals surface area contributed by atoms with Gasteiger partial charge in [0.05, 0.1) is 0 Å². The van der Waals surface area contributed by atoms with Crippen LogP contribution in [0.1, 0.15) is 16.1 Å². The Labute approximate surface area is 170 Å². The van der Waals surface area contributed by atoms with Crippen LogP contribution < -0.4 is 15.5 Å². The number of carbonyl (C=O) groups is 1. The van der Waals surface area contributed by atoms with Gasteiger partial charge in [-0.25, -0.2) is 0 Å². The lowest BCUT2D eigenvalue weighted by Crippen LogP contribution is -2.26. The molecule has 0 saturated carbocycles. The number of anilines is 3. The Kier molecular flexibility index (Phi) is 6.50. The zero-order valence-corrected chi connectivity index (χ0v) is 16.7. The zero-order chi connectivity index (χ0) is 19.9. The standard InChI is InChI=1S/C22H23ClN4O/c1-27(2)20-8-6-18(7-9-20)26-19-11-13-24-21(15-19)22(28)25-12-10-16-4-3-5-17(23)14-16/h3-9,11,13-15H,10,12H2,1-2H3,(H,24,26)(H,25,28). The average molecular weight is 395 g/mol. The molecule has 0 unspecified atom stereocenters. The highest BCUT2D eigenvalue weighted by Gasteiger charge is 2.08. The zero-order valence-electron chi connectivity index (χ0n) is 15.9. The highest BCUT2D eigenvalue weighted by molar-refractivity contribution is 6.30. The summed E-state index contributed by atoms with van der Waals surface area (Å²) < 4.78 is 0. The van der Waals surface area contributed by atoms with E-state index in [1.807, 2.05) is 73.6 Å². The number of hydrogen-bond donors (Lipinski definition) is 2. The van der Waals surface area contributed by atoms with Gasteiger partial charge in [0.1, 0.15) is 5.69 Å². The Bertz CT molecular complexity index is 941. The molecule has 0 radical (unpaired) electrons. The van der Waals surface area contributed by atoms with Crippen molar-refractivity contribution in [2.75, 3.05) is 30.9 Å². The van der Waals surface area contributed by atoms with Crippen LogP contribution in [0.2, 0.25) is 5.02 Å². The van der Waals surface area contributed by atoms with Crippen LogP contribution in [-0.4, -0.2) is 31.5 Å². The Balaban J connectivity index is 1.58. The molecule has 0 saturated heterocycles. The van der Waals surface area contributed by atoms with Gasteiger partial charge in [0.15, 0.2) is 0 Å². The van der Waals surface area contributed by atoms with Gasteiger partial charge in [-0.15, -0.1) is 0 Å². The molecule has 1 heterocycles. The summed E-state index contributed by atoms with van der Waals surface area (Å²) >= 11 is 5.98. The van der Waals surface area contributed by atoms with E-state index in [1.54, 1.807) is 12.3 Å². The molecule has 5 nitrogen and oxygen atoms in total. The number of hydrogen-bond acceptors (Lipinski definition) is 4. The summed E-state index contributed by atoms with van der Waals surface area (Å²) in [6.45, 7) is 0.518. The molecule has 0 aliphatic heterocycles. The van der Waals surface area contributed by atoms with Gasteiger partial charge >= 0.3 is 0 Å². The van der Waals surface area contributed by atoms with Crippen molar-refractivity contribution < 1.29 is 4.79 Å². The quantitative estimate of drug-likeness (QED) is 0.618. The van der Waals surface area contributed by atoms with Crippen molar-refractivity contribution in [1.29, 1.82) is 0 Å². The van der Waals surface area contributed by atoms with Crippen molar-refractivity contribution >= 4 is 34.6 Å². The number of halogens is 1. The van der Waals surface area contributed by atoms with Crippen LogP contribution in [0.25, 0.3) is 0 Å². The van der Waals surface area contributed by atoms with Crippen molar-refractivity contribution in [3.8, 4) is 0 Å². The van der Waals surface area contributed by atoms with Gasteiger partial charge in [-0.1, -0.05) is 23.7 Å². The second-order valence-electron chi connectivity index (χ2n) is 6.63. The number of benzene rings is 2. The molecule has 2 N–H and O–H groups in total. The number of nitrogens with one attached hydrogen (secondary N) is 2. The Hall–Kier alpha value is -3.05. The molecule has 0 bridgehead atoms. The monoisotopic (exact) mass is 394 g/mol. The SMILES string of the molecule is CN(C)c1ccc(Nc2ccnc(C(=O)NCCc3cccc(Cl)c3)c2)cc1. The first kappa shape index (κ1) is 19.7. The predicted octanol–water partition coefficient (Wildman–Crippen LogP) is 4.52. The van der Waals surface area contributed by atoms with Crippen LogP contribution in [0.15, 0.2) is 66.9 Å². The summed E-state index contributed by atoms with van der Waals surface area (Å²) in [5.41, 5.74) is 4.34. The van der Waals surface area contributed by atoms with Crippen LogP contribution in [-0.2, 0) is 6.42 Å². The minimum absolute atomic E-state index is 0.200. The second-order valence-corrected chi connectivity index (χ2v) is 7.07. The Morgan fingerprint density at radius 2 is 1.82 bits per heavy atom. The Morgan fingerprint density at radius 3 is 2.54 bits per heavy atom. The summed E-state index contributed by atoms with van der Waals surface area (Å²) in [6.07, 6.45) is 2.34. The number of carbonyl (C=O) groups excluding carboxylic acids is 1. The molecule has 28 heavy (non-hydrogen) atoms. The molecule has 3 aromatic rings. The lowest BCUT2D eigenvalue weighted by Gasteiger charge is -2.13. The molecule has 6 heteroatoms. The third-order valence-corrected chi connectivity index (χ3v) is 4.49. The van der Waals surface area contributed by atoms with Crippen LogP contribution in [0.4, 0.5) is 17.1 Å². The smallest absolute Gasteiger partial charge is 0.269 e. The molecule has 2 aromatic carbocycles. The number of amides is 1. The van der Waals surface area contributed by atoms with Crippen LogP contribution in [0, 0.1) is 0 Å². The van der Waals surface area contributed by atoms with Crippen LogP contribution in [0.3, 0.4) is 0 Å². The number of nitrogens with zero attached hydrogens (tertiary/aromatic N) is 2. The van der Waals surface area contributed by atoms with E-state index in [2.05, 4.69) is 15.6 Å². The fourth-order valence-corrected chi connectivity index (χ4v) is 2.96. The van der Waals surface area contributed by atoms with Crippen molar-refractivity contribution in [2.45, 2.75) is 6.42 Å². The van der Waals surface area contributed by atoms with Crippen LogP contribution in [0.5, 0.6) is 0 Å². The molecule has 0 aliphatic carbocycles. The van der Waals surface area contributed by atoms with Crippen LogP contribution >= 0.6 is 11.6 Å². The number of pyridine rings is 1. The van der Waals surface area contributed by atoms with E-state index in [9.17, 15) is 4.79 Å². The molecule has 144 valence electrons. The molecular weight excluding hydrogens is 372 g/mol. The van der Waals surface area contributed by atoms with Crippen molar-refractivity contribution in [3.05, 3.63) is 83.1 Å². The highest BCUT2D eigenvalue weighted by Crippen LogP contribution is 2.20. The van der Waals surface area contributed by atoms with Gasteiger partial charge in [0.25, 0.3) is 5.91 Å². The topological polar surface area (TPSA) is 57.3 Å². The summed E-state index contributed by atoms with van der Waals surface area (Å²) in [4.78, 5) is 18.6. The third kappa shape index (κ3) is 5.47. The van der Waals surface area contributed by atoms with E-state index in [-0.39, 0.29) is 5.91 Å². The molecule has 0 aliphatic rings. The van der Waals surface area contributed by atoms with Crippen molar-refractivity contribution in [3.63, 3.8) is 0 Å². The van der Waals surface area contributed by atoms with Gasteiger partial charge in [-0.2, -0.15) is 0 Å². The maximum Gasteiger partial charge on any atom is 0.269 e. The highest BCUT2D eigenvalue weighted by atomic mass is 35.5. The summed E-state index contributed by atoms with van der Waals surface area (Å²) in [7, 11) is 4.01. The minimum atomic E-state index is -0.200. The lowest BCUT2D eigenvalue weighted by atomic mass is 10.1. The Morgan fingerprint density at radius 1 is 1.04 bits per heavy atom. The largest absolute Gasteiger partial charge is 0.378 e. The van der Waals surface area contributed by atoms with E-state index >= 15 is 0 Å². The number of rotatable bonds is 7. The van der Waals surface area contributed by atoms with Gasteiger partial charge in [0, 0.05) is 48.9 Å². The first-order valence-electron chi connectivity index (χ1n) is 9.04. The lowest BCUT2D eigenvalue weighted by molar-refractivity contribution is 0.0949. The predicted molar refractivity (Wildman–Crippen MR) is 116 cm³/mol. The van der Waals surface area contributed by atoms with E-state index in [1.165, 1.54) is 0 Å². The molecule has 1 aromatic heterocycles. The van der Waals surface area contributed by atoms with Gasteiger partial charge in [-0.3, -0.25) is 9.78 Å². The number of aromatic nitrogens is 1. The van der Waals surface area contributed by atoms with E-state index in [4.69, 9.17) is 11.6 Å². The summed E-state index contributed by atoms with van der Waals surface area (Å²) in [5, 5.41) is 6.90. The maximum atomic E-state index is 12.4. The fraction of sp³-hybridized carbons (Fsp3) is 0.182. The average Bonchev–Trinajstić information content (AvgIpc) is 2.68. The molecule has 3 rings (SSSR count). The van der Waals surface area contributed by atoms with E-state index in [0.29, 0.717) is 23.7 Å².